The summed E-state index contributed by atoms with van der Waals surface area (Å²) in [4.78, 5) is 5.39. The number of ether oxygens (including phenoxy) is 1. The van der Waals surface area contributed by atoms with Crippen molar-refractivity contribution in [1.29, 1.82) is 0 Å². The lowest BCUT2D eigenvalue weighted by Gasteiger charge is -2.19. The molecule has 2 rings (SSSR count). The van der Waals surface area contributed by atoms with E-state index in [9.17, 15) is 0 Å². The molecule has 4 nitrogen and oxygen atoms in total. The van der Waals surface area contributed by atoms with Crippen LogP contribution in [0.15, 0.2) is 18.2 Å². The molecule has 1 heterocycles. The molecule has 1 atom stereocenters. The molecule has 0 amide bonds. The molecule has 0 saturated carbocycles. The molecule has 2 aromatic rings. The van der Waals surface area contributed by atoms with E-state index < -0.39 is 0 Å². The molecule has 0 aliphatic heterocycles. The maximum absolute atomic E-state index is 5.42. The first kappa shape index (κ1) is 13.1. The molecule has 0 spiro atoms. The SMILES string of the molecule is COc1cccc2c1[nH]c(=S)n2C(C)CN(C)C. The highest BCUT2D eigenvalue weighted by atomic mass is 32.1. The lowest BCUT2D eigenvalue weighted by molar-refractivity contribution is 0.339. The summed E-state index contributed by atoms with van der Waals surface area (Å²) >= 11 is 5.42. The Labute approximate surface area is 112 Å². The maximum atomic E-state index is 5.42. The van der Waals surface area contributed by atoms with E-state index in [4.69, 9.17) is 17.0 Å². The summed E-state index contributed by atoms with van der Waals surface area (Å²) < 4.78 is 8.24. The van der Waals surface area contributed by atoms with Gasteiger partial charge in [-0.1, -0.05) is 6.07 Å². The second kappa shape index (κ2) is 5.12. The van der Waals surface area contributed by atoms with Crippen molar-refractivity contribution in [3.63, 3.8) is 0 Å². The first-order valence-electron chi connectivity index (χ1n) is 5.96. The van der Waals surface area contributed by atoms with E-state index in [0.29, 0.717) is 6.04 Å². The van der Waals surface area contributed by atoms with Gasteiger partial charge in [0.1, 0.15) is 11.3 Å². The average molecular weight is 265 g/mol. The molecule has 0 bridgehead atoms. The monoisotopic (exact) mass is 265 g/mol. The van der Waals surface area contributed by atoms with Crippen LogP contribution in [0, 0.1) is 4.77 Å². The van der Waals surface area contributed by atoms with Crippen molar-refractivity contribution < 1.29 is 4.74 Å². The second-order valence-electron chi connectivity index (χ2n) is 4.77. The van der Waals surface area contributed by atoms with Crippen molar-refractivity contribution in [1.82, 2.24) is 14.5 Å². The number of aromatic nitrogens is 2. The number of nitrogens with zero attached hydrogens (tertiary/aromatic N) is 2. The van der Waals surface area contributed by atoms with Crippen molar-refractivity contribution in [2.45, 2.75) is 13.0 Å². The molecule has 1 aromatic heterocycles. The van der Waals surface area contributed by atoms with Crippen molar-refractivity contribution in [2.75, 3.05) is 27.7 Å². The summed E-state index contributed by atoms with van der Waals surface area (Å²) in [5, 5.41) is 0. The van der Waals surface area contributed by atoms with Crippen LogP contribution < -0.4 is 4.74 Å². The molecular weight excluding hydrogens is 246 g/mol. The van der Waals surface area contributed by atoms with Gasteiger partial charge in [-0.25, -0.2) is 0 Å². The molecule has 18 heavy (non-hydrogen) atoms. The van der Waals surface area contributed by atoms with Gasteiger partial charge in [0.05, 0.1) is 12.6 Å². The number of hydrogen-bond acceptors (Lipinski definition) is 3. The number of fused-ring (bicyclic) bond motifs is 1. The van der Waals surface area contributed by atoms with Gasteiger partial charge < -0.3 is 19.2 Å². The zero-order chi connectivity index (χ0) is 13.3. The van der Waals surface area contributed by atoms with Gasteiger partial charge in [0, 0.05) is 12.6 Å². The number of rotatable bonds is 4. The molecule has 0 fully saturated rings. The van der Waals surface area contributed by atoms with Gasteiger partial charge in [-0.3, -0.25) is 0 Å². The van der Waals surface area contributed by atoms with Gasteiger partial charge in [-0.2, -0.15) is 0 Å². The predicted octanol–water partition coefficient (Wildman–Crippen LogP) is 2.83. The van der Waals surface area contributed by atoms with Gasteiger partial charge in [-0.05, 0) is 45.4 Å². The molecule has 1 N–H and O–H groups in total. The van der Waals surface area contributed by atoms with Crippen LogP contribution in [0.3, 0.4) is 0 Å². The number of aromatic amines is 1. The number of H-pyrrole nitrogens is 1. The van der Waals surface area contributed by atoms with E-state index in [1.165, 1.54) is 0 Å². The highest BCUT2D eigenvalue weighted by Gasteiger charge is 2.13. The highest BCUT2D eigenvalue weighted by Crippen LogP contribution is 2.26. The molecular formula is C13H19N3OS. The summed E-state index contributed by atoms with van der Waals surface area (Å²) in [5.74, 6) is 0.828. The Kier molecular flexibility index (Phi) is 3.73. The topological polar surface area (TPSA) is 33.2 Å². The lowest BCUT2D eigenvalue weighted by atomic mass is 10.2. The molecule has 1 aromatic carbocycles. The minimum absolute atomic E-state index is 0.313. The zero-order valence-corrected chi connectivity index (χ0v) is 12.0. The Bertz CT molecular complexity index is 600. The van der Waals surface area contributed by atoms with Gasteiger partial charge >= 0.3 is 0 Å². The molecule has 0 radical (unpaired) electrons. The van der Waals surface area contributed by atoms with Crippen molar-refractivity contribution in [3.05, 3.63) is 23.0 Å². The second-order valence-corrected chi connectivity index (χ2v) is 5.15. The minimum atomic E-state index is 0.313. The van der Waals surface area contributed by atoms with Crippen LogP contribution >= 0.6 is 12.2 Å². The van der Waals surface area contributed by atoms with Crippen LogP contribution in [0.25, 0.3) is 11.0 Å². The van der Waals surface area contributed by atoms with Gasteiger partial charge in [0.25, 0.3) is 0 Å². The summed E-state index contributed by atoms with van der Waals surface area (Å²) in [7, 11) is 5.80. The third-order valence-corrected chi connectivity index (χ3v) is 3.30. The lowest BCUT2D eigenvalue weighted by Crippen LogP contribution is -2.22. The normalized spacial score (nSPS) is 13.2. The Morgan fingerprint density at radius 3 is 2.78 bits per heavy atom. The van der Waals surface area contributed by atoms with Crippen LogP contribution in [0.5, 0.6) is 5.75 Å². The maximum Gasteiger partial charge on any atom is 0.178 e. The predicted molar refractivity (Wildman–Crippen MR) is 76.9 cm³/mol. The summed E-state index contributed by atoms with van der Waals surface area (Å²) in [5.41, 5.74) is 2.06. The smallest absolute Gasteiger partial charge is 0.178 e. The number of nitrogens with one attached hydrogen (secondary N) is 1. The quantitative estimate of drug-likeness (QED) is 0.863. The van der Waals surface area contributed by atoms with Crippen molar-refractivity contribution in [3.8, 4) is 5.75 Å². The van der Waals surface area contributed by atoms with E-state index in [1.807, 2.05) is 12.1 Å². The van der Waals surface area contributed by atoms with Crippen LogP contribution in [-0.2, 0) is 0 Å². The number of imidazole rings is 1. The Morgan fingerprint density at radius 2 is 2.17 bits per heavy atom. The van der Waals surface area contributed by atoms with E-state index in [2.05, 4.69) is 41.5 Å². The Hall–Kier alpha value is -1.33. The number of likely N-dealkylation sites (N-methyl/N-ethyl adjacent to an activating group) is 1. The Balaban J connectivity index is 2.57. The summed E-state index contributed by atoms with van der Waals surface area (Å²) in [6, 6.07) is 6.31. The van der Waals surface area contributed by atoms with Gasteiger partial charge in [-0.15, -0.1) is 0 Å². The zero-order valence-electron chi connectivity index (χ0n) is 11.2. The summed E-state index contributed by atoms with van der Waals surface area (Å²) in [6.45, 7) is 3.11. The third-order valence-electron chi connectivity index (χ3n) is 3.00. The van der Waals surface area contributed by atoms with Crippen LogP contribution in [0.1, 0.15) is 13.0 Å². The molecule has 98 valence electrons. The van der Waals surface area contributed by atoms with Crippen molar-refractivity contribution >= 4 is 23.3 Å². The average Bonchev–Trinajstić information content (AvgIpc) is 2.63. The number of hydrogen-bond donors (Lipinski definition) is 1. The van der Waals surface area contributed by atoms with E-state index in [-0.39, 0.29) is 0 Å². The van der Waals surface area contributed by atoms with Crippen LogP contribution in [0.2, 0.25) is 0 Å². The largest absolute Gasteiger partial charge is 0.494 e. The standard InChI is InChI=1S/C13H19N3OS/c1-9(8-15(2)3)16-10-6-5-7-11(17-4)12(10)14-13(16)18/h5-7,9H,8H2,1-4H3,(H,14,18). The fourth-order valence-electron chi connectivity index (χ4n) is 2.34. The van der Waals surface area contributed by atoms with Gasteiger partial charge in [0.2, 0.25) is 0 Å². The van der Waals surface area contributed by atoms with E-state index in [1.54, 1.807) is 7.11 Å². The number of para-hydroxylation sites is 1. The Morgan fingerprint density at radius 1 is 1.44 bits per heavy atom. The molecule has 1 unspecified atom stereocenters. The number of methoxy groups -OCH3 is 1. The van der Waals surface area contributed by atoms with Crippen molar-refractivity contribution in [2.24, 2.45) is 0 Å². The molecule has 0 aliphatic rings. The first-order chi connectivity index (χ1) is 8.54. The van der Waals surface area contributed by atoms with Crippen LogP contribution in [0.4, 0.5) is 0 Å². The minimum Gasteiger partial charge on any atom is -0.494 e. The van der Waals surface area contributed by atoms with Gasteiger partial charge in [0.15, 0.2) is 4.77 Å². The van der Waals surface area contributed by atoms with Crippen LogP contribution in [-0.4, -0.2) is 42.2 Å². The molecule has 0 aliphatic carbocycles. The number of benzene rings is 1. The third kappa shape index (κ3) is 2.28. The highest BCUT2D eigenvalue weighted by molar-refractivity contribution is 7.71. The molecule has 0 saturated heterocycles. The van der Waals surface area contributed by atoms with E-state index >= 15 is 0 Å². The summed E-state index contributed by atoms with van der Waals surface area (Å²) in [6.07, 6.45) is 0. The first-order valence-corrected chi connectivity index (χ1v) is 6.37. The fourth-order valence-corrected chi connectivity index (χ4v) is 2.72. The molecule has 5 heteroatoms. The fraction of sp³-hybridized carbons (Fsp3) is 0.462. The van der Waals surface area contributed by atoms with E-state index in [0.717, 1.165) is 28.1 Å².